The average Bonchev–Trinajstić information content (AvgIpc) is 3.22. The van der Waals surface area contributed by atoms with E-state index in [1.165, 1.54) is 51.0 Å². The van der Waals surface area contributed by atoms with Crippen molar-refractivity contribution in [1.29, 1.82) is 0 Å². The molecule has 60 heavy (non-hydrogen) atoms. The largest absolute Gasteiger partial charge is 0.465 e. The molecule has 2 aliphatic rings. The summed E-state index contributed by atoms with van der Waals surface area (Å²) >= 11 is 11.9. The van der Waals surface area contributed by atoms with Gasteiger partial charge >= 0.3 is 18.0 Å². The molecular formula is C40H41Cl2F2N5O9S2. The van der Waals surface area contributed by atoms with E-state index < -0.39 is 49.3 Å². The molecule has 2 N–H and O–H groups in total. The van der Waals surface area contributed by atoms with Crippen LogP contribution >= 0.6 is 23.2 Å². The predicted octanol–water partition coefficient (Wildman–Crippen LogP) is 5.60. The highest BCUT2D eigenvalue weighted by molar-refractivity contribution is 7.91. The van der Waals surface area contributed by atoms with Crippen molar-refractivity contribution in [2.24, 2.45) is 5.73 Å². The number of carbonyl (C=O) groups excluding carboxylic acids is 4. The Labute approximate surface area is 356 Å². The number of rotatable bonds is 9. The lowest BCUT2D eigenvalue weighted by Gasteiger charge is -2.33. The number of ether oxygens (including phenoxy) is 1. The van der Waals surface area contributed by atoms with Gasteiger partial charge in [0.15, 0.2) is 25.5 Å². The van der Waals surface area contributed by atoms with Gasteiger partial charge in [0.1, 0.15) is 11.6 Å². The number of nitrogens with two attached hydrogens (primary N) is 1. The topological polar surface area (TPSA) is 185 Å². The number of halogens is 4. The molecule has 2 saturated heterocycles. The number of ketones is 1. The minimum absolute atomic E-state index is 0.0596. The number of hydrogen-bond acceptors (Lipinski definition) is 10. The molecule has 6 rings (SSSR count). The van der Waals surface area contributed by atoms with Crippen LogP contribution in [0.15, 0.2) is 84.9 Å². The van der Waals surface area contributed by atoms with Crippen molar-refractivity contribution in [2.75, 3.05) is 72.6 Å². The van der Waals surface area contributed by atoms with Crippen LogP contribution in [0.3, 0.4) is 0 Å². The summed E-state index contributed by atoms with van der Waals surface area (Å²) in [7, 11) is -5.12. The molecule has 0 aromatic heterocycles. The van der Waals surface area contributed by atoms with E-state index >= 15 is 0 Å². The van der Waals surface area contributed by atoms with Crippen LogP contribution < -0.4 is 15.5 Å². The number of hydrogen-bond donors (Lipinski definition) is 1. The number of amides is 4. The molecule has 0 saturated carbocycles. The number of urea groups is 2. The molecule has 4 amide bonds. The van der Waals surface area contributed by atoms with Crippen LogP contribution in [-0.4, -0.2) is 113 Å². The van der Waals surface area contributed by atoms with E-state index in [9.17, 15) is 44.8 Å². The summed E-state index contributed by atoms with van der Waals surface area (Å²) in [5.74, 6) is -2.81. The second-order valence-corrected chi connectivity index (χ2v) is 19.2. The molecule has 4 aromatic rings. The molecule has 0 unspecified atom stereocenters. The zero-order chi connectivity index (χ0) is 43.8. The summed E-state index contributed by atoms with van der Waals surface area (Å²) in [6.07, 6.45) is 0. The fourth-order valence-electron chi connectivity index (χ4n) is 6.16. The third-order valence-electron chi connectivity index (χ3n) is 9.66. The maximum Gasteiger partial charge on any atom is 0.337 e. The molecule has 320 valence electrons. The molecule has 0 bridgehead atoms. The van der Waals surface area contributed by atoms with E-state index in [4.69, 9.17) is 28.9 Å². The molecular weight excluding hydrogens is 868 g/mol. The van der Waals surface area contributed by atoms with Crippen molar-refractivity contribution in [3.8, 4) is 0 Å². The summed E-state index contributed by atoms with van der Waals surface area (Å²) in [6, 6.07) is 20.0. The van der Waals surface area contributed by atoms with Crippen LogP contribution in [0.5, 0.6) is 0 Å². The first-order valence-corrected chi connectivity index (χ1v) is 22.7. The number of benzene rings is 4. The Bertz CT molecular complexity index is 2260. The zero-order valence-corrected chi connectivity index (χ0v) is 35.4. The Morgan fingerprint density at radius 2 is 1.00 bits per heavy atom. The van der Waals surface area contributed by atoms with Crippen LogP contribution in [0.25, 0.3) is 0 Å². The maximum absolute atomic E-state index is 14.6. The number of carbonyl (C=O) groups is 4. The first-order chi connectivity index (χ1) is 28.4. The third-order valence-corrected chi connectivity index (χ3v) is 13.4. The van der Waals surface area contributed by atoms with Crippen molar-refractivity contribution in [3.05, 3.63) is 129 Å². The fourth-order valence-corrected chi connectivity index (χ4v) is 8.81. The quantitative estimate of drug-likeness (QED) is 0.164. The van der Waals surface area contributed by atoms with Crippen molar-refractivity contribution < 1.29 is 49.5 Å². The fraction of sp³-hybridized carbons (Fsp3) is 0.300. The normalized spacial score (nSPS) is 15.6. The van der Waals surface area contributed by atoms with Gasteiger partial charge in [-0.2, -0.15) is 0 Å². The molecule has 0 atom stereocenters. The maximum atomic E-state index is 14.6. The Balaban J connectivity index is 0.000000228. The summed E-state index contributed by atoms with van der Waals surface area (Å²) in [5.41, 5.74) is 6.90. The molecule has 0 spiro atoms. The molecule has 20 heteroatoms. The van der Waals surface area contributed by atoms with Crippen LogP contribution in [0.4, 0.5) is 29.7 Å². The molecule has 2 heterocycles. The summed E-state index contributed by atoms with van der Waals surface area (Å²) in [4.78, 5) is 55.2. The minimum atomic E-state index is -3.16. The van der Waals surface area contributed by atoms with Gasteiger partial charge in [0.05, 0.1) is 55.3 Å². The third kappa shape index (κ3) is 12.0. The molecule has 0 aliphatic carbocycles. The van der Waals surface area contributed by atoms with E-state index in [1.807, 2.05) is 0 Å². The van der Waals surface area contributed by atoms with Gasteiger partial charge < -0.3 is 20.3 Å². The van der Waals surface area contributed by atoms with E-state index in [1.54, 1.807) is 48.5 Å². The van der Waals surface area contributed by atoms with Crippen LogP contribution in [0.2, 0.25) is 10.0 Å². The van der Waals surface area contributed by atoms with E-state index in [0.717, 1.165) is 12.1 Å². The Hall–Kier alpha value is -5.14. The zero-order valence-electron chi connectivity index (χ0n) is 32.2. The van der Waals surface area contributed by atoms with E-state index in [2.05, 4.69) is 4.74 Å². The highest BCUT2D eigenvalue weighted by atomic mass is 35.5. The summed E-state index contributed by atoms with van der Waals surface area (Å²) in [6.45, 7) is -0.185. The van der Waals surface area contributed by atoms with Crippen LogP contribution in [-0.2, 0) is 37.5 Å². The molecule has 0 radical (unpaired) electrons. The molecule has 2 aliphatic heterocycles. The molecule has 4 aromatic carbocycles. The smallest absolute Gasteiger partial charge is 0.337 e. The monoisotopic (exact) mass is 907 g/mol. The van der Waals surface area contributed by atoms with Crippen molar-refractivity contribution in [3.63, 3.8) is 0 Å². The lowest BCUT2D eigenvalue weighted by molar-refractivity contribution is 0.0600. The Morgan fingerprint density at radius 1 is 0.633 bits per heavy atom. The van der Waals surface area contributed by atoms with Gasteiger partial charge in [-0.3, -0.25) is 14.6 Å². The first kappa shape index (κ1) is 45.9. The van der Waals surface area contributed by atoms with E-state index in [-0.39, 0.29) is 96.9 Å². The van der Waals surface area contributed by atoms with Crippen LogP contribution in [0.1, 0.15) is 31.8 Å². The number of esters is 1. The lowest BCUT2D eigenvalue weighted by Crippen LogP contribution is -2.49. The van der Waals surface area contributed by atoms with Gasteiger partial charge in [0.25, 0.3) is 0 Å². The highest BCUT2D eigenvalue weighted by Crippen LogP contribution is 2.26. The Kier molecular flexibility index (Phi) is 15.3. The minimum Gasteiger partial charge on any atom is -0.465 e. The van der Waals surface area contributed by atoms with Gasteiger partial charge in [-0.05, 0) is 66.7 Å². The summed E-state index contributed by atoms with van der Waals surface area (Å²) < 4.78 is 80.6. The SMILES string of the molecule is COC(=O)c1ccc(CN(C(=O)N2CCS(=O)(=O)CC2)c2ccc(Cl)cc2)c(F)c1.NCC(=O)c1ccc(CN(C(=O)N2CCS(=O)(=O)CC2)c2ccc(Cl)cc2)c(F)c1. The summed E-state index contributed by atoms with van der Waals surface area (Å²) in [5, 5.41) is 0.954. The van der Waals surface area contributed by atoms with Crippen LogP contribution in [0, 0.1) is 11.6 Å². The van der Waals surface area contributed by atoms with E-state index in [0.29, 0.717) is 21.4 Å². The van der Waals surface area contributed by atoms with Gasteiger partial charge in [0.2, 0.25) is 0 Å². The second-order valence-electron chi connectivity index (χ2n) is 13.7. The first-order valence-electron chi connectivity index (χ1n) is 18.3. The number of nitrogens with zero attached hydrogens (tertiary/aromatic N) is 4. The highest BCUT2D eigenvalue weighted by Gasteiger charge is 2.31. The van der Waals surface area contributed by atoms with Gasteiger partial charge in [-0.1, -0.05) is 41.4 Å². The standard InChI is InChI=1S/C20H21ClFN3O4S.C20H20ClFN2O5S/c21-16-3-5-17(6-4-16)25(20(27)24-7-9-30(28,29)10-8-24)13-15-2-1-14(11-18(15)22)19(26)12-23;1-29-19(25)14-2-3-15(18(22)12-14)13-24(17-6-4-16(21)5-7-17)20(26)23-8-10-30(27,28)11-9-23/h1-6,11H,7-10,12-13,23H2;2-7,12H,8-11,13H2,1H3. The number of sulfone groups is 2. The molecule has 2 fully saturated rings. The van der Waals surface area contributed by atoms with Crippen molar-refractivity contribution in [1.82, 2.24) is 9.80 Å². The number of Topliss-reactive ketones (excluding diaryl/α,β-unsaturated/α-hetero) is 1. The average molecular weight is 909 g/mol. The lowest BCUT2D eigenvalue weighted by atomic mass is 10.1. The van der Waals surface area contributed by atoms with Crippen molar-refractivity contribution >= 4 is 78.1 Å². The number of methoxy groups -OCH3 is 1. The Morgan fingerprint density at radius 3 is 1.35 bits per heavy atom. The van der Waals surface area contributed by atoms with Gasteiger partial charge in [-0.15, -0.1) is 0 Å². The van der Waals surface area contributed by atoms with Crippen molar-refractivity contribution in [2.45, 2.75) is 13.1 Å². The molecule has 14 nitrogen and oxygen atoms in total. The van der Waals surface area contributed by atoms with Gasteiger partial charge in [0, 0.05) is 64.3 Å². The van der Waals surface area contributed by atoms with Gasteiger partial charge in [-0.25, -0.2) is 40.0 Å². The predicted molar refractivity (Wildman–Crippen MR) is 224 cm³/mol. The second kappa shape index (κ2) is 19.9. The number of anilines is 2.